The maximum absolute atomic E-state index is 4.67. The maximum Gasteiger partial charge on any atom is 0.0970 e. The third-order valence-corrected chi connectivity index (χ3v) is 14.4. The first-order chi connectivity index (χ1) is 38.7. The van der Waals surface area contributed by atoms with E-state index in [1.165, 1.54) is 66.8 Å². The van der Waals surface area contributed by atoms with Crippen LogP contribution in [0.15, 0.2) is 292 Å². The Morgan fingerprint density at radius 1 is 0.152 bits per heavy atom. The molecule has 0 unspecified atom stereocenters. The normalized spacial score (nSPS) is 10.9. The Hall–Kier alpha value is -9.92. The largest absolute Gasteiger partial charge is 0.254 e. The van der Waals surface area contributed by atoms with Gasteiger partial charge in [0.2, 0.25) is 0 Å². The molecule has 374 valence electrons. The average molecular weight is 1190 g/mol. The van der Waals surface area contributed by atoms with Gasteiger partial charge in [0, 0.05) is 89.3 Å². The Morgan fingerprint density at radius 3 is 0.430 bits per heavy atom. The molecule has 0 aliphatic heterocycles. The number of rotatable bonds is 6. The maximum atomic E-state index is 4.67. The van der Waals surface area contributed by atoms with Crippen LogP contribution >= 0.6 is 0 Å². The van der Waals surface area contributed by atoms with E-state index in [-0.39, 0.29) is 19.8 Å². The zero-order valence-electron chi connectivity index (χ0n) is 42.7. The summed E-state index contributed by atoms with van der Waals surface area (Å²) in [6.07, 6.45) is 11.3. The van der Waals surface area contributed by atoms with Crippen LogP contribution in [0.4, 0.5) is 0 Å². The molecule has 7 heteroatoms. The van der Waals surface area contributed by atoms with Crippen molar-refractivity contribution in [1.29, 1.82) is 0 Å². The minimum Gasteiger partial charge on any atom is -0.254 e. The molecule has 15 aromatic rings. The Kier molecular flexibility index (Phi) is 14.4. The molecule has 79 heavy (non-hydrogen) atoms. The third kappa shape index (κ3) is 9.92. The fraction of sp³-hybridized carbons (Fsp3) is 0. The Bertz CT molecular complexity index is 3820. The Morgan fingerprint density at radius 2 is 0.291 bits per heavy atom. The molecule has 0 fully saturated rings. The molecule has 0 bridgehead atoms. The van der Waals surface area contributed by atoms with Crippen molar-refractivity contribution in [2.45, 2.75) is 0 Å². The second-order valence-electron chi connectivity index (χ2n) is 18.9. The topological polar surface area (TPSA) is 77.3 Å². The van der Waals surface area contributed by atoms with Gasteiger partial charge in [0.1, 0.15) is 0 Å². The van der Waals surface area contributed by atoms with Gasteiger partial charge in [-0.15, -0.1) is 0 Å². The SMILES string of the molecule is [Os].c1ccc(-c2ccnc3c2ccc2c(-c4ccccc4)ccnc23)cc1.c1ccc(-c2ccnc3c2ccc2c(-c4ccccc4)ccnc23)cc1.c1ccc(-c2ccnc3c2ccc2c(-c4ccccc4)ccnc23)cc1. The van der Waals surface area contributed by atoms with Crippen LogP contribution in [0.1, 0.15) is 0 Å². The molecule has 0 saturated heterocycles. The van der Waals surface area contributed by atoms with E-state index in [4.69, 9.17) is 0 Å². The van der Waals surface area contributed by atoms with E-state index in [1.54, 1.807) is 0 Å². The summed E-state index contributed by atoms with van der Waals surface area (Å²) in [5.74, 6) is 0. The smallest absolute Gasteiger partial charge is 0.0970 e. The van der Waals surface area contributed by atoms with Gasteiger partial charge in [0.15, 0.2) is 0 Å². The summed E-state index contributed by atoms with van der Waals surface area (Å²) in [5, 5.41) is 6.77. The van der Waals surface area contributed by atoms with Crippen molar-refractivity contribution >= 4 is 65.4 Å². The van der Waals surface area contributed by atoms with Crippen molar-refractivity contribution in [2.24, 2.45) is 0 Å². The van der Waals surface area contributed by atoms with Crippen LogP contribution in [0, 0.1) is 0 Å². The quantitative estimate of drug-likeness (QED) is 0.154. The van der Waals surface area contributed by atoms with E-state index < -0.39 is 0 Å². The molecule has 0 amide bonds. The predicted octanol–water partition coefficient (Wildman–Crippen LogP) is 18.3. The number of aromatic nitrogens is 6. The van der Waals surface area contributed by atoms with Gasteiger partial charge in [0.05, 0.1) is 33.1 Å². The molecule has 0 radical (unpaired) electrons. The molecule has 0 saturated carbocycles. The minimum absolute atomic E-state index is 0. The molecular weight excluding hydrogens is 1140 g/mol. The molecule has 0 aliphatic rings. The van der Waals surface area contributed by atoms with Crippen molar-refractivity contribution in [2.75, 3.05) is 0 Å². The summed E-state index contributed by atoms with van der Waals surface area (Å²) in [6, 6.07) is 88.0. The molecule has 15 rings (SSSR count). The standard InChI is InChI=1S/3C24H16N2.Os/c3*1-3-7-17(8-4-1)19-13-15-25-23-21(19)11-12-22-20(14-16-26-24(22)23)18-9-5-2-6-10-18;/h3*1-16H;. The van der Waals surface area contributed by atoms with Gasteiger partial charge in [-0.1, -0.05) is 218 Å². The van der Waals surface area contributed by atoms with Crippen LogP contribution in [0.25, 0.3) is 132 Å². The summed E-state index contributed by atoms with van der Waals surface area (Å²) in [6.45, 7) is 0. The van der Waals surface area contributed by atoms with Gasteiger partial charge in [0.25, 0.3) is 0 Å². The van der Waals surface area contributed by atoms with Crippen LogP contribution in [0.2, 0.25) is 0 Å². The van der Waals surface area contributed by atoms with Crippen molar-refractivity contribution in [3.63, 3.8) is 0 Å². The molecule has 0 N–H and O–H groups in total. The van der Waals surface area contributed by atoms with Crippen LogP contribution in [-0.4, -0.2) is 29.9 Å². The molecule has 6 aromatic heterocycles. The van der Waals surface area contributed by atoms with Gasteiger partial charge >= 0.3 is 0 Å². The number of hydrogen-bond donors (Lipinski definition) is 0. The monoisotopic (exact) mass is 1190 g/mol. The summed E-state index contributed by atoms with van der Waals surface area (Å²) < 4.78 is 0. The Balaban J connectivity index is 0.000000118. The number of fused-ring (bicyclic) bond motifs is 9. The number of benzene rings is 9. The van der Waals surface area contributed by atoms with Gasteiger partial charge in [-0.3, -0.25) is 29.9 Å². The summed E-state index contributed by atoms with van der Waals surface area (Å²) in [4.78, 5) is 28.0. The van der Waals surface area contributed by atoms with Crippen LogP contribution in [0.5, 0.6) is 0 Å². The Labute approximate surface area is 470 Å². The van der Waals surface area contributed by atoms with Crippen LogP contribution < -0.4 is 0 Å². The molecule has 6 heterocycles. The summed E-state index contributed by atoms with van der Waals surface area (Å²) in [7, 11) is 0. The number of pyridine rings is 6. The van der Waals surface area contributed by atoms with Gasteiger partial charge in [-0.2, -0.15) is 0 Å². The van der Waals surface area contributed by atoms with E-state index in [9.17, 15) is 0 Å². The first-order valence-corrected chi connectivity index (χ1v) is 26.1. The first-order valence-electron chi connectivity index (χ1n) is 26.1. The zero-order chi connectivity index (χ0) is 52.0. The van der Waals surface area contributed by atoms with Crippen LogP contribution in [0.3, 0.4) is 0 Å². The molecule has 0 spiro atoms. The van der Waals surface area contributed by atoms with Gasteiger partial charge in [-0.25, -0.2) is 0 Å². The van der Waals surface area contributed by atoms with E-state index >= 15 is 0 Å². The summed E-state index contributed by atoms with van der Waals surface area (Å²) in [5.41, 5.74) is 19.9. The average Bonchev–Trinajstić information content (AvgIpc) is 3.63. The van der Waals surface area contributed by atoms with Crippen LogP contribution in [-0.2, 0) is 19.8 Å². The molecular formula is C72H48N6Os. The van der Waals surface area contributed by atoms with Crippen molar-refractivity contribution in [3.05, 3.63) is 292 Å². The number of nitrogens with zero attached hydrogens (tertiary/aromatic N) is 6. The van der Waals surface area contributed by atoms with Gasteiger partial charge < -0.3 is 0 Å². The molecule has 0 atom stereocenters. The second kappa shape index (κ2) is 22.7. The predicted molar refractivity (Wildman–Crippen MR) is 324 cm³/mol. The van der Waals surface area contributed by atoms with Crippen molar-refractivity contribution in [3.8, 4) is 66.8 Å². The van der Waals surface area contributed by atoms with Crippen molar-refractivity contribution in [1.82, 2.24) is 29.9 Å². The second-order valence-corrected chi connectivity index (χ2v) is 18.9. The zero-order valence-corrected chi connectivity index (χ0v) is 45.3. The van der Waals surface area contributed by atoms with E-state index in [0.29, 0.717) is 0 Å². The minimum atomic E-state index is 0. The molecule has 9 aromatic carbocycles. The fourth-order valence-electron chi connectivity index (χ4n) is 10.7. The molecule has 6 nitrogen and oxygen atoms in total. The van der Waals surface area contributed by atoms with Crippen molar-refractivity contribution < 1.29 is 19.8 Å². The summed E-state index contributed by atoms with van der Waals surface area (Å²) >= 11 is 0. The number of hydrogen-bond acceptors (Lipinski definition) is 6. The van der Waals surface area contributed by atoms with Gasteiger partial charge in [-0.05, 0) is 103 Å². The van der Waals surface area contributed by atoms with E-state index in [1.807, 2.05) is 73.6 Å². The first kappa shape index (κ1) is 49.9. The fourth-order valence-corrected chi connectivity index (χ4v) is 10.7. The molecule has 0 aliphatic carbocycles. The van der Waals surface area contributed by atoms with E-state index in [2.05, 4.69) is 248 Å². The third-order valence-electron chi connectivity index (χ3n) is 14.4. The van der Waals surface area contributed by atoms with E-state index in [0.717, 1.165) is 65.4 Å².